The van der Waals surface area contributed by atoms with Crippen molar-refractivity contribution in [1.29, 1.82) is 0 Å². The van der Waals surface area contributed by atoms with Crippen molar-refractivity contribution in [1.82, 2.24) is 4.98 Å². The molecule has 4 fully saturated rings. The first-order valence-electron chi connectivity index (χ1n) is 8.50. The van der Waals surface area contributed by atoms with E-state index in [1.807, 2.05) is 0 Å². The maximum absolute atomic E-state index is 6.21. The molecule has 3 nitrogen and oxygen atoms in total. The summed E-state index contributed by atoms with van der Waals surface area (Å²) in [6, 6.07) is 0.279. The lowest BCUT2D eigenvalue weighted by Gasteiger charge is -2.53. The monoisotopic (exact) mass is 272 g/mol. The molecule has 0 aromatic carbocycles. The zero-order valence-electron chi connectivity index (χ0n) is 12.1. The van der Waals surface area contributed by atoms with E-state index >= 15 is 0 Å². The van der Waals surface area contributed by atoms with Crippen LogP contribution in [-0.2, 0) is 12.8 Å². The van der Waals surface area contributed by atoms with Gasteiger partial charge in [0, 0.05) is 18.4 Å². The minimum absolute atomic E-state index is 0.279. The summed E-state index contributed by atoms with van der Waals surface area (Å²) in [5, 5.41) is 0. The molecule has 0 aliphatic heterocycles. The van der Waals surface area contributed by atoms with E-state index in [0.717, 1.165) is 54.6 Å². The summed E-state index contributed by atoms with van der Waals surface area (Å²) in [6.07, 6.45) is 10.2. The van der Waals surface area contributed by atoms with Crippen LogP contribution in [0.2, 0.25) is 0 Å². The third-order valence-corrected chi connectivity index (χ3v) is 6.51. The third-order valence-electron chi connectivity index (χ3n) is 6.51. The molecule has 5 aliphatic rings. The Labute approximate surface area is 120 Å². The van der Waals surface area contributed by atoms with Gasteiger partial charge in [0.1, 0.15) is 5.76 Å². The maximum Gasteiger partial charge on any atom is 0.198 e. The molecule has 6 rings (SSSR count). The van der Waals surface area contributed by atoms with E-state index in [-0.39, 0.29) is 6.04 Å². The Morgan fingerprint density at radius 3 is 2.40 bits per heavy atom. The zero-order chi connectivity index (χ0) is 13.3. The van der Waals surface area contributed by atoms with Gasteiger partial charge in [0.2, 0.25) is 0 Å². The van der Waals surface area contributed by atoms with Crippen molar-refractivity contribution in [2.24, 2.45) is 29.4 Å². The van der Waals surface area contributed by atoms with Crippen LogP contribution < -0.4 is 5.73 Å². The first-order chi connectivity index (χ1) is 9.76. The van der Waals surface area contributed by atoms with Gasteiger partial charge in [-0.1, -0.05) is 0 Å². The minimum atomic E-state index is 0.279. The lowest BCUT2D eigenvalue weighted by Crippen LogP contribution is -2.43. The SMILES string of the molecule is NC1CCc2nc(C3C4CC5CC(C4)CC3C5)oc2C1. The van der Waals surface area contributed by atoms with Crippen LogP contribution in [0.5, 0.6) is 0 Å². The van der Waals surface area contributed by atoms with E-state index in [2.05, 4.69) is 0 Å². The number of nitrogens with zero attached hydrogens (tertiary/aromatic N) is 1. The summed E-state index contributed by atoms with van der Waals surface area (Å²) < 4.78 is 6.21. The van der Waals surface area contributed by atoms with Gasteiger partial charge in [-0.25, -0.2) is 4.98 Å². The van der Waals surface area contributed by atoms with E-state index < -0.39 is 0 Å². The molecule has 20 heavy (non-hydrogen) atoms. The topological polar surface area (TPSA) is 52.0 Å². The smallest absolute Gasteiger partial charge is 0.198 e. The Morgan fingerprint density at radius 1 is 1.00 bits per heavy atom. The summed E-state index contributed by atoms with van der Waals surface area (Å²) in [4.78, 5) is 4.91. The second kappa shape index (κ2) is 4.09. The molecule has 0 saturated heterocycles. The van der Waals surface area contributed by atoms with E-state index in [9.17, 15) is 0 Å². The summed E-state index contributed by atoms with van der Waals surface area (Å²) in [5.41, 5.74) is 7.28. The minimum Gasteiger partial charge on any atom is -0.445 e. The highest BCUT2D eigenvalue weighted by atomic mass is 16.4. The van der Waals surface area contributed by atoms with Crippen LogP contribution in [0.25, 0.3) is 0 Å². The first kappa shape index (κ1) is 11.8. The Hall–Kier alpha value is -0.830. The van der Waals surface area contributed by atoms with Crippen LogP contribution >= 0.6 is 0 Å². The van der Waals surface area contributed by atoms with Crippen LogP contribution in [-0.4, -0.2) is 11.0 Å². The van der Waals surface area contributed by atoms with Crippen molar-refractivity contribution in [3.63, 3.8) is 0 Å². The molecule has 3 heteroatoms. The lowest BCUT2D eigenvalue weighted by molar-refractivity contribution is -0.0117. The molecule has 1 aromatic rings. The average molecular weight is 272 g/mol. The van der Waals surface area contributed by atoms with Crippen molar-refractivity contribution in [2.45, 2.75) is 63.3 Å². The predicted molar refractivity (Wildman–Crippen MR) is 76.3 cm³/mol. The molecule has 4 bridgehead atoms. The number of fused-ring (bicyclic) bond motifs is 1. The van der Waals surface area contributed by atoms with Gasteiger partial charge in [-0.15, -0.1) is 0 Å². The number of hydrogen-bond donors (Lipinski definition) is 1. The van der Waals surface area contributed by atoms with Gasteiger partial charge in [0.05, 0.1) is 5.69 Å². The van der Waals surface area contributed by atoms with Gasteiger partial charge in [0.15, 0.2) is 5.89 Å². The summed E-state index contributed by atoms with van der Waals surface area (Å²) >= 11 is 0. The van der Waals surface area contributed by atoms with Crippen LogP contribution in [0.3, 0.4) is 0 Å². The molecule has 1 aromatic heterocycles. The molecule has 108 valence electrons. The molecular weight excluding hydrogens is 248 g/mol. The van der Waals surface area contributed by atoms with E-state index in [4.69, 9.17) is 15.1 Å². The van der Waals surface area contributed by atoms with Crippen molar-refractivity contribution in [2.75, 3.05) is 0 Å². The summed E-state index contributed by atoms with van der Waals surface area (Å²) in [5.74, 6) is 6.58. The van der Waals surface area contributed by atoms with Crippen molar-refractivity contribution in [3.05, 3.63) is 17.3 Å². The largest absolute Gasteiger partial charge is 0.445 e. The van der Waals surface area contributed by atoms with Gasteiger partial charge in [-0.2, -0.15) is 0 Å². The van der Waals surface area contributed by atoms with Gasteiger partial charge in [-0.3, -0.25) is 0 Å². The predicted octanol–water partition coefficient (Wildman–Crippen LogP) is 3.03. The van der Waals surface area contributed by atoms with Gasteiger partial charge in [0.25, 0.3) is 0 Å². The number of hydrogen-bond acceptors (Lipinski definition) is 3. The Balaban J connectivity index is 1.48. The van der Waals surface area contributed by atoms with Crippen molar-refractivity contribution in [3.8, 4) is 0 Å². The second-order valence-corrected chi connectivity index (χ2v) is 7.88. The molecule has 0 amide bonds. The van der Waals surface area contributed by atoms with Crippen molar-refractivity contribution < 1.29 is 4.42 Å². The maximum atomic E-state index is 6.21. The quantitative estimate of drug-likeness (QED) is 0.855. The number of aromatic nitrogens is 1. The highest BCUT2D eigenvalue weighted by molar-refractivity contribution is 5.19. The van der Waals surface area contributed by atoms with Crippen molar-refractivity contribution >= 4 is 0 Å². The average Bonchev–Trinajstić information content (AvgIpc) is 2.79. The molecule has 4 saturated carbocycles. The fourth-order valence-electron chi connectivity index (χ4n) is 5.89. The lowest BCUT2D eigenvalue weighted by atomic mass is 9.52. The standard InChI is InChI=1S/C17H24N2O/c18-13-1-2-14-15(8-13)20-17(19-14)16-11-4-9-3-10(6-11)7-12(16)5-9/h9-13,16H,1-8,18H2. The normalized spacial score (nSPS) is 45.6. The highest BCUT2D eigenvalue weighted by Gasteiger charge is 2.50. The first-order valence-corrected chi connectivity index (χ1v) is 8.50. The summed E-state index contributed by atoms with van der Waals surface area (Å²) in [6.45, 7) is 0. The molecule has 0 radical (unpaired) electrons. The Morgan fingerprint density at radius 2 is 1.70 bits per heavy atom. The summed E-state index contributed by atoms with van der Waals surface area (Å²) in [7, 11) is 0. The molecule has 0 spiro atoms. The van der Waals surface area contributed by atoms with Crippen LogP contribution in [0, 0.1) is 23.7 Å². The fraction of sp³-hybridized carbons (Fsp3) is 0.824. The molecule has 1 atom stereocenters. The van der Waals surface area contributed by atoms with Gasteiger partial charge in [-0.05, 0) is 68.6 Å². The van der Waals surface area contributed by atoms with Crippen LogP contribution in [0.1, 0.15) is 61.8 Å². The number of oxazole rings is 1. The molecule has 5 aliphatic carbocycles. The molecule has 2 N–H and O–H groups in total. The number of aryl methyl sites for hydroxylation is 1. The fourth-order valence-corrected chi connectivity index (χ4v) is 5.89. The van der Waals surface area contributed by atoms with Gasteiger partial charge >= 0.3 is 0 Å². The van der Waals surface area contributed by atoms with Gasteiger partial charge < -0.3 is 10.2 Å². The van der Waals surface area contributed by atoms with Crippen LogP contribution in [0.15, 0.2) is 4.42 Å². The number of nitrogens with two attached hydrogens (primary N) is 1. The van der Waals surface area contributed by atoms with E-state index in [1.165, 1.54) is 37.8 Å². The van der Waals surface area contributed by atoms with E-state index in [1.54, 1.807) is 0 Å². The zero-order valence-corrected chi connectivity index (χ0v) is 12.1. The third kappa shape index (κ3) is 1.65. The molecule has 1 heterocycles. The highest BCUT2D eigenvalue weighted by Crippen LogP contribution is 2.59. The van der Waals surface area contributed by atoms with E-state index in [0.29, 0.717) is 5.92 Å². The molecular formula is C17H24N2O. The van der Waals surface area contributed by atoms with Crippen LogP contribution in [0.4, 0.5) is 0 Å². The Bertz CT molecular complexity index is 507. The second-order valence-electron chi connectivity index (χ2n) is 7.88. The molecule has 1 unspecified atom stereocenters. The number of rotatable bonds is 1. The Kier molecular flexibility index (Phi) is 2.41.